The van der Waals surface area contributed by atoms with Gasteiger partial charge < -0.3 is 9.47 Å². The average molecular weight is 278 g/mol. The third-order valence-electron chi connectivity index (χ3n) is 2.96. The molecule has 0 aliphatic carbocycles. The van der Waals surface area contributed by atoms with E-state index in [4.69, 9.17) is 0 Å². The predicted octanol–water partition coefficient (Wildman–Crippen LogP) is 2.41. The van der Waals surface area contributed by atoms with E-state index in [1.807, 2.05) is 29.6 Å². The summed E-state index contributed by atoms with van der Waals surface area (Å²) in [6.45, 7) is 0. The van der Waals surface area contributed by atoms with Gasteiger partial charge in [-0.25, -0.2) is 0 Å². The first-order valence-corrected chi connectivity index (χ1v) is 6.66. The molecule has 0 aliphatic heterocycles. The van der Waals surface area contributed by atoms with Crippen LogP contribution in [0.2, 0.25) is 0 Å². The number of fused-ring (bicyclic) bond motifs is 1. The predicted molar refractivity (Wildman–Crippen MR) is 73.1 cm³/mol. The molecular formula is C14H14O4S. The summed E-state index contributed by atoms with van der Waals surface area (Å²) in [7, 11) is 2.54. The molecule has 1 aromatic carbocycles. The van der Waals surface area contributed by atoms with Crippen LogP contribution in [-0.4, -0.2) is 26.2 Å². The third-order valence-corrected chi connectivity index (χ3v) is 3.97. The number of methoxy groups -OCH3 is 2. The van der Waals surface area contributed by atoms with Crippen LogP contribution >= 0.6 is 11.3 Å². The van der Waals surface area contributed by atoms with Crippen LogP contribution in [0.15, 0.2) is 29.6 Å². The van der Waals surface area contributed by atoms with Gasteiger partial charge in [-0.2, -0.15) is 0 Å². The Balaban J connectivity index is 2.31. The molecule has 0 aliphatic rings. The van der Waals surface area contributed by atoms with Crippen molar-refractivity contribution in [3.05, 3.63) is 35.2 Å². The van der Waals surface area contributed by atoms with E-state index in [2.05, 4.69) is 9.47 Å². The van der Waals surface area contributed by atoms with Gasteiger partial charge in [0.15, 0.2) is 5.92 Å². The summed E-state index contributed by atoms with van der Waals surface area (Å²) in [5, 5.41) is 3.02. The van der Waals surface area contributed by atoms with E-state index in [0.717, 1.165) is 15.6 Å². The van der Waals surface area contributed by atoms with Crippen molar-refractivity contribution in [3.8, 4) is 0 Å². The Labute approximate surface area is 114 Å². The van der Waals surface area contributed by atoms with Gasteiger partial charge in [-0.05, 0) is 28.8 Å². The van der Waals surface area contributed by atoms with E-state index >= 15 is 0 Å². The van der Waals surface area contributed by atoms with Crippen molar-refractivity contribution in [3.63, 3.8) is 0 Å². The molecule has 1 aromatic heterocycles. The molecule has 5 heteroatoms. The highest BCUT2D eigenvalue weighted by molar-refractivity contribution is 7.17. The minimum atomic E-state index is -0.909. The normalized spacial score (nSPS) is 10.7. The van der Waals surface area contributed by atoms with E-state index in [1.165, 1.54) is 14.2 Å². The highest BCUT2D eigenvalue weighted by Crippen LogP contribution is 2.28. The lowest BCUT2D eigenvalue weighted by Crippen LogP contribution is -2.28. The zero-order chi connectivity index (χ0) is 13.8. The number of rotatable bonds is 4. The molecule has 0 saturated heterocycles. The molecule has 0 saturated carbocycles. The number of thiophene rings is 1. The molecule has 0 bridgehead atoms. The van der Waals surface area contributed by atoms with Crippen molar-refractivity contribution in [1.82, 2.24) is 0 Å². The summed E-state index contributed by atoms with van der Waals surface area (Å²) in [6.07, 6.45) is 0.295. The largest absolute Gasteiger partial charge is 0.468 e. The number of hydrogen-bond acceptors (Lipinski definition) is 5. The Morgan fingerprint density at radius 2 is 1.79 bits per heavy atom. The summed E-state index contributed by atoms with van der Waals surface area (Å²) >= 11 is 1.59. The molecule has 100 valence electrons. The molecule has 0 radical (unpaired) electrons. The highest BCUT2D eigenvalue weighted by Gasteiger charge is 2.29. The van der Waals surface area contributed by atoms with Crippen LogP contribution < -0.4 is 0 Å². The zero-order valence-electron chi connectivity index (χ0n) is 10.7. The maximum absolute atomic E-state index is 11.7. The third kappa shape index (κ3) is 2.76. The molecule has 0 atom stereocenters. The fraction of sp³-hybridized carbons (Fsp3) is 0.286. The first-order chi connectivity index (χ1) is 9.17. The van der Waals surface area contributed by atoms with Crippen molar-refractivity contribution in [2.45, 2.75) is 6.42 Å². The molecule has 0 spiro atoms. The number of hydrogen-bond donors (Lipinski definition) is 0. The molecular weight excluding hydrogens is 264 g/mol. The first kappa shape index (κ1) is 13.5. The van der Waals surface area contributed by atoms with Gasteiger partial charge in [-0.3, -0.25) is 9.59 Å². The number of carbonyl (C=O) groups excluding carboxylic acids is 2. The van der Waals surface area contributed by atoms with Gasteiger partial charge in [0.1, 0.15) is 0 Å². The van der Waals surface area contributed by atoms with E-state index in [0.29, 0.717) is 6.42 Å². The molecule has 1 heterocycles. The molecule has 2 aromatic rings. The quantitative estimate of drug-likeness (QED) is 0.636. The number of esters is 2. The molecule has 0 N–H and O–H groups in total. The smallest absolute Gasteiger partial charge is 0.320 e. The van der Waals surface area contributed by atoms with E-state index < -0.39 is 17.9 Å². The summed E-state index contributed by atoms with van der Waals surface area (Å²) in [4.78, 5) is 23.3. The highest BCUT2D eigenvalue weighted by atomic mass is 32.1. The second kappa shape index (κ2) is 5.84. The van der Waals surface area contributed by atoms with Gasteiger partial charge in [0.25, 0.3) is 0 Å². The lowest BCUT2D eigenvalue weighted by atomic mass is 9.99. The maximum atomic E-state index is 11.7. The molecule has 2 rings (SSSR count). The summed E-state index contributed by atoms with van der Waals surface area (Å²) in [5.41, 5.74) is 0.960. The van der Waals surface area contributed by atoms with Gasteiger partial charge in [-0.15, -0.1) is 11.3 Å². The van der Waals surface area contributed by atoms with Crippen LogP contribution in [0.1, 0.15) is 5.56 Å². The monoisotopic (exact) mass is 278 g/mol. The maximum Gasteiger partial charge on any atom is 0.320 e. The van der Waals surface area contributed by atoms with Crippen LogP contribution in [0.3, 0.4) is 0 Å². The molecule has 19 heavy (non-hydrogen) atoms. The minimum absolute atomic E-state index is 0.295. The van der Waals surface area contributed by atoms with Gasteiger partial charge >= 0.3 is 11.9 Å². The van der Waals surface area contributed by atoms with Gasteiger partial charge in [-0.1, -0.05) is 18.2 Å². The lowest BCUT2D eigenvalue weighted by Gasteiger charge is -2.11. The standard InChI is InChI=1S/C14H14O4S/c1-17-13(15)11(14(16)18-2)7-9-8-19-12-6-4-3-5-10(9)12/h3-6,8,11H,7H2,1-2H3. The fourth-order valence-electron chi connectivity index (χ4n) is 1.96. The Morgan fingerprint density at radius 3 is 2.42 bits per heavy atom. The number of benzene rings is 1. The molecule has 0 amide bonds. The first-order valence-electron chi connectivity index (χ1n) is 5.78. The van der Waals surface area contributed by atoms with Crippen LogP contribution in [-0.2, 0) is 25.5 Å². The average Bonchev–Trinajstić information content (AvgIpc) is 2.86. The van der Waals surface area contributed by atoms with Gasteiger partial charge in [0.05, 0.1) is 14.2 Å². The number of carbonyl (C=O) groups is 2. The van der Waals surface area contributed by atoms with Crippen LogP contribution in [0, 0.1) is 5.92 Å². The Kier molecular flexibility index (Phi) is 4.16. The Morgan fingerprint density at radius 1 is 1.16 bits per heavy atom. The Hall–Kier alpha value is -1.88. The minimum Gasteiger partial charge on any atom is -0.468 e. The van der Waals surface area contributed by atoms with Crippen molar-refractivity contribution < 1.29 is 19.1 Å². The van der Waals surface area contributed by atoms with Crippen LogP contribution in [0.25, 0.3) is 10.1 Å². The van der Waals surface area contributed by atoms with E-state index in [-0.39, 0.29) is 0 Å². The zero-order valence-corrected chi connectivity index (χ0v) is 11.5. The fourth-order valence-corrected chi connectivity index (χ4v) is 2.93. The van der Waals surface area contributed by atoms with E-state index in [9.17, 15) is 9.59 Å². The lowest BCUT2D eigenvalue weighted by molar-refractivity contribution is -0.158. The van der Waals surface area contributed by atoms with Crippen LogP contribution in [0.4, 0.5) is 0 Å². The second-order valence-corrected chi connectivity index (χ2v) is 4.97. The summed E-state index contributed by atoms with van der Waals surface area (Å²) < 4.78 is 10.5. The summed E-state index contributed by atoms with van der Waals surface area (Å²) in [6, 6.07) is 7.88. The van der Waals surface area contributed by atoms with Gasteiger partial charge in [0.2, 0.25) is 0 Å². The Bertz CT molecular complexity index is 586. The summed E-state index contributed by atoms with van der Waals surface area (Å²) in [5.74, 6) is -2.04. The van der Waals surface area contributed by atoms with Crippen molar-refractivity contribution in [1.29, 1.82) is 0 Å². The molecule has 4 nitrogen and oxygen atoms in total. The SMILES string of the molecule is COC(=O)C(Cc1csc2ccccc12)C(=O)OC. The molecule has 0 unspecified atom stereocenters. The van der Waals surface area contributed by atoms with Crippen molar-refractivity contribution >= 4 is 33.4 Å². The van der Waals surface area contributed by atoms with Gasteiger partial charge in [0, 0.05) is 4.70 Å². The van der Waals surface area contributed by atoms with Crippen molar-refractivity contribution in [2.75, 3.05) is 14.2 Å². The topological polar surface area (TPSA) is 52.6 Å². The van der Waals surface area contributed by atoms with E-state index in [1.54, 1.807) is 11.3 Å². The number of ether oxygens (including phenoxy) is 2. The van der Waals surface area contributed by atoms with Crippen molar-refractivity contribution in [2.24, 2.45) is 5.92 Å². The second-order valence-electron chi connectivity index (χ2n) is 4.06. The van der Waals surface area contributed by atoms with Crippen LogP contribution in [0.5, 0.6) is 0 Å². The molecule has 0 fully saturated rings.